The average Bonchev–Trinajstić information content (AvgIpc) is 3.82. The van der Waals surface area contributed by atoms with Crippen LogP contribution in [0.1, 0.15) is 66.2 Å². The number of aryl methyl sites for hydroxylation is 2. The van der Waals surface area contributed by atoms with Gasteiger partial charge >= 0.3 is 17.9 Å². The number of carboxylic acids is 1. The number of aliphatic hydroxyl groups is 2. The molecule has 19 heteroatoms. The minimum Gasteiger partial charge on any atom is -0.477 e. The third kappa shape index (κ3) is 17.5. The monoisotopic (exact) mass is 976 g/mol. The number of benzene rings is 4. The Morgan fingerprint density at radius 1 is 0.647 bits per heavy atom. The first-order chi connectivity index (χ1) is 31.9. The Bertz CT molecular complexity index is 2690. The van der Waals surface area contributed by atoms with Crippen LogP contribution in [0.5, 0.6) is 0 Å². The molecular weight excluding hydrogens is 919 g/mol. The molecule has 17 nitrogen and oxygen atoms in total. The van der Waals surface area contributed by atoms with E-state index in [9.17, 15) is 39.0 Å². The molecule has 0 fully saturated rings. The van der Waals surface area contributed by atoms with Crippen molar-refractivity contribution in [1.29, 1.82) is 0 Å². The number of halogens is 2. The summed E-state index contributed by atoms with van der Waals surface area (Å²) in [6.07, 6.45) is -1.50. The van der Waals surface area contributed by atoms with E-state index in [1.165, 1.54) is 24.8 Å². The molecule has 0 radical (unpaired) electrons. The zero-order valence-corrected chi connectivity index (χ0v) is 38.8. The van der Waals surface area contributed by atoms with Crippen molar-refractivity contribution >= 4 is 47.0 Å². The molecule has 2 aromatic heterocycles. The fraction of sp³-hybridized carbons (Fsp3) is 0.306. The lowest BCUT2D eigenvalue weighted by molar-refractivity contribution is -0.154. The molecule has 8 N–H and O–H groups in total. The van der Waals surface area contributed by atoms with Crippen LogP contribution >= 0.6 is 23.2 Å². The van der Waals surface area contributed by atoms with Crippen LogP contribution in [0.2, 0.25) is 10.0 Å². The molecule has 4 aromatic carbocycles. The smallest absolute Gasteiger partial charge is 0.353 e. The first-order valence-corrected chi connectivity index (χ1v) is 21.8. The van der Waals surface area contributed by atoms with Gasteiger partial charge in [0.2, 0.25) is 0 Å². The Labute approximate surface area is 403 Å². The van der Waals surface area contributed by atoms with Crippen molar-refractivity contribution in [2.45, 2.75) is 71.2 Å². The summed E-state index contributed by atoms with van der Waals surface area (Å²) < 4.78 is 11.9. The van der Waals surface area contributed by atoms with E-state index in [1.54, 1.807) is 13.8 Å². The van der Waals surface area contributed by atoms with Crippen molar-refractivity contribution in [3.05, 3.63) is 162 Å². The van der Waals surface area contributed by atoms with Gasteiger partial charge in [0.1, 0.15) is 11.4 Å². The third-order valence-corrected chi connectivity index (χ3v) is 10.4. The second kappa shape index (κ2) is 27.2. The second-order valence-electron chi connectivity index (χ2n) is 15.2. The molecular formula is C49H58Cl2N6O11. The first kappa shape index (κ1) is 55.6. The number of rotatable bonds is 17. The zero-order chi connectivity index (χ0) is 49.2. The molecule has 0 spiro atoms. The maximum absolute atomic E-state index is 12.7. The number of nitrogens with two attached hydrogens (primary N) is 1. The highest BCUT2D eigenvalue weighted by Gasteiger charge is 2.25. The lowest BCUT2D eigenvalue weighted by Gasteiger charge is -2.21. The molecule has 0 saturated heterocycles. The molecule has 0 unspecified atom stereocenters. The summed E-state index contributed by atoms with van der Waals surface area (Å²) in [7, 11) is 2.96. The van der Waals surface area contributed by atoms with Crippen molar-refractivity contribution < 1.29 is 44.0 Å². The molecule has 4 atom stereocenters. The van der Waals surface area contributed by atoms with Gasteiger partial charge in [-0.1, -0.05) is 103 Å². The number of carbonyl (C=O) groups is 4. The number of aliphatic hydroxyl groups excluding tert-OH is 2. The number of aromatic carboxylic acids is 1. The van der Waals surface area contributed by atoms with Gasteiger partial charge in [-0.25, -0.2) is 14.4 Å². The number of hydrogen-bond acceptors (Lipinski definition) is 11. The van der Waals surface area contributed by atoms with Gasteiger partial charge in [-0.3, -0.25) is 33.9 Å². The Morgan fingerprint density at radius 3 is 1.46 bits per heavy atom. The van der Waals surface area contributed by atoms with E-state index in [1.807, 2.05) is 97.1 Å². The second-order valence-corrected chi connectivity index (χ2v) is 16.1. The van der Waals surface area contributed by atoms with Gasteiger partial charge in [0, 0.05) is 54.8 Å². The summed E-state index contributed by atoms with van der Waals surface area (Å²) in [5.41, 5.74) is 11.3. The maximum atomic E-state index is 12.7. The number of aromatic nitrogens is 4. The van der Waals surface area contributed by atoms with Gasteiger partial charge in [0.25, 0.3) is 17.0 Å². The van der Waals surface area contributed by atoms with Gasteiger partial charge < -0.3 is 35.8 Å². The molecule has 364 valence electrons. The SMILES string of the molecule is C.CCOC(=O)[C@H](O)C[C@@H](Cc1ccc(-c2cccc(Cl)c2)cc1)NC(=O)c1cc(=O)n(C)[nH]1.CCOC(=O)[C@H](O)C[C@H](N)Cc1ccc(-c2cccc(Cl)c2)cc1.Cn1[nH]c(C(=O)O)cc1=O. The van der Waals surface area contributed by atoms with Crippen molar-refractivity contribution in [2.24, 2.45) is 19.8 Å². The number of nitrogens with one attached hydrogen (secondary N) is 3. The molecule has 2 heterocycles. The average molecular weight is 978 g/mol. The number of nitrogens with zero attached hydrogens (tertiary/aromatic N) is 2. The van der Waals surface area contributed by atoms with E-state index in [4.69, 9.17) is 43.5 Å². The maximum Gasteiger partial charge on any atom is 0.353 e. The van der Waals surface area contributed by atoms with Gasteiger partial charge in [-0.15, -0.1) is 0 Å². The van der Waals surface area contributed by atoms with Crippen LogP contribution in [0, 0.1) is 0 Å². The number of ether oxygens (including phenoxy) is 2. The highest BCUT2D eigenvalue weighted by Crippen LogP contribution is 2.25. The Hall–Kier alpha value is -6.76. The molecule has 68 heavy (non-hydrogen) atoms. The fourth-order valence-corrected chi connectivity index (χ4v) is 6.94. The quantitative estimate of drug-likeness (QED) is 0.0525. The lowest BCUT2D eigenvalue weighted by Crippen LogP contribution is -2.41. The first-order valence-electron chi connectivity index (χ1n) is 21.1. The molecule has 6 rings (SSSR count). The van der Waals surface area contributed by atoms with Crippen LogP contribution in [-0.2, 0) is 46.0 Å². The van der Waals surface area contributed by atoms with E-state index >= 15 is 0 Å². The van der Waals surface area contributed by atoms with Gasteiger partial charge in [-0.05, 0) is 90.8 Å². The Balaban J connectivity index is 0.000000305. The lowest BCUT2D eigenvalue weighted by atomic mass is 9.97. The minimum atomic E-state index is -1.39. The third-order valence-electron chi connectivity index (χ3n) is 9.94. The van der Waals surface area contributed by atoms with E-state index in [0.29, 0.717) is 22.9 Å². The van der Waals surface area contributed by atoms with Gasteiger partial charge in [-0.2, -0.15) is 0 Å². The fourth-order valence-electron chi connectivity index (χ4n) is 6.56. The van der Waals surface area contributed by atoms with Crippen LogP contribution in [0.15, 0.2) is 119 Å². The highest BCUT2D eigenvalue weighted by atomic mass is 35.5. The van der Waals surface area contributed by atoms with Crippen LogP contribution < -0.4 is 22.2 Å². The molecule has 0 aliphatic heterocycles. The van der Waals surface area contributed by atoms with E-state index < -0.39 is 42.1 Å². The normalized spacial score (nSPS) is 12.3. The molecule has 0 aliphatic carbocycles. The van der Waals surface area contributed by atoms with Crippen LogP contribution in [0.3, 0.4) is 0 Å². The Kier molecular flexibility index (Phi) is 22.2. The number of amides is 1. The largest absolute Gasteiger partial charge is 0.477 e. The predicted octanol–water partition coefficient (Wildman–Crippen LogP) is 5.93. The molecule has 1 amide bonds. The summed E-state index contributed by atoms with van der Waals surface area (Å²) in [6, 6.07) is 32.2. The summed E-state index contributed by atoms with van der Waals surface area (Å²) in [5.74, 6) is -3.01. The number of esters is 2. The summed E-state index contributed by atoms with van der Waals surface area (Å²) in [4.78, 5) is 68.5. The molecule has 6 aromatic rings. The number of aromatic amines is 2. The van der Waals surface area contributed by atoms with E-state index in [0.717, 1.165) is 44.1 Å². The Morgan fingerprint density at radius 2 is 1.07 bits per heavy atom. The number of carbonyl (C=O) groups excluding carboxylic acids is 3. The van der Waals surface area contributed by atoms with Crippen LogP contribution in [0.25, 0.3) is 22.3 Å². The summed E-state index contributed by atoms with van der Waals surface area (Å²) >= 11 is 12.1. The van der Waals surface area contributed by atoms with Crippen molar-refractivity contribution in [1.82, 2.24) is 24.9 Å². The number of hydrogen-bond donors (Lipinski definition) is 7. The summed E-state index contributed by atoms with van der Waals surface area (Å²) in [6.45, 7) is 3.74. The van der Waals surface area contributed by atoms with Gasteiger partial charge in [0.15, 0.2) is 12.2 Å². The van der Waals surface area contributed by atoms with Gasteiger partial charge in [0.05, 0.1) is 13.2 Å². The number of carboxylic acid groups (broad SMARTS) is 1. The van der Waals surface area contributed by atoms with Crippen molar-refractivity contribution in [2.75, 3.05) is 13.2 Å². The molecule has 0 saturated carbocycles. The zero-order valence-electron chi connectivity index (χ0n) is 37.3. The van der Waals surface area contributed by atoms with E-state index in [-0.39, 0.29) is 62.0 Å². The standard InChI is InChI=1S/C24H26ClN3O5.C19H22ClNO3.C5H6N2O3.CH4/c1-3-33-24(32)21(29)13-19(26-23(31)20-14-22(30)28(2)27-20)11-15-7-9-16(10-8-15)17-5-4-6-18(25)12-17;1-2-24-19(23)18(22)12-17(21)10-13-6-8-14(9-7-13)15-4-3-5-16(20)11-15;1-7-4(8)2-3(6-7)5(9)10;/h4-10,12,14,19,21,27,29H,3,11,13H2,1-2H3,(H,26,31);3-9,11,17-18,22H,2,10,12,21H2,1H3;2,6H,1H3,(H,9,10);1H4/t19-,21-;17-,18-;;/m11../s1. The molecule has 0 bridgehead atoms. The van der Waals surface area contributed by atoms with Crippen molar-refractivity contribution in [3.8, 4) is 22.3 Å². The van der Waals surface area contributed by atoms with Crippen LogP contribution in [-0.4, -0.2) is 96.2 Å². The summed E-state index contributed by atoms with van der Waals surface area (Å²) in [5, 5.41) is 37.5. The highest BCUT2D eigenvalue weighted by molar-refractivity contribution is 6.31. The van der Waals surface area contributed by atoms with Crippen LogP contribution in [0.4, 0.5) is 0 Å². The molecule has 0 aliphatic rings. The number of H-pyrrole nitrogens is 2. The minimum absolute atomic E-state index is 0. The topological polar surface area (TPSA) is 261 Å². The van der Waals surface area contributed by atoms with Crippen molar-refractivity contribution in [3.63, 3.8) is 0 Å². The van der Waals surface area contributed by atoms with E-state index in [2.05, 4.69) is 15.5 Å². The predicted molar refractivity (Wildman–Crippen MR) is 261 cm³/mol.